The lowest BCUT2D eigenvalue weighted by molar-refractivity contribution is -0.143. The predicted molar refractivity (Wildman–Crippen MR) is 133 cm³/mol. The highest BCUT2D eigenvalue weighted by atomic mass is 28.4. The summed E-state index contributed by atoms with van der Waals surface area (Å²) in [5.41, 5.74) is 0.468. The van der Waals surface area contributed by atoms with Crippen LogP contribution >= 0.6 is 0 Å². The van der Waals surface area contributed by atoms with Crippen LogP contribution in [0.1, 0.15) is 34.1 Å². The molecular weight excluding hydrogens is 448 g/mol. The number of carbonyl (C=O) groups is 1. The quantitative estimate of drug-likeness (QED) is 0.543. The monoisotopic (exact) mass is 482 g/mol. The van der Waals surface area contributed by atoms with Gasteiger partial charge in [-0.15, -0.1) is 0 Å². The smallest absolute Gasteiger partial charge is 0.261 e. The average molecular weight is 483 g/mol. The van der Waals surface area contributed by atoms with Crippen molar-refractivity contribution >= 4 is 24.6 Å². The van der Waals surface area contributed by atoms with Crippen LogP contribution in [0.3, 0.4) is 0 Å². The fourth-order valence-corrected chi connectivity index (χ4v) is 9.49. The van der Waals surface area contributed by atoms with Crippen LogP contribution in [0.25, 0.3) is 0 Å². The Kier molecular flexibility index (Phi) is 6.98. The zero-order valence-electron chi connectivity index (χ0n) is 20.1. The third kappa shape index (κ3) is 4.56. The van der Waals surface area contributed by atoms with Gasteiger partial charge in [-0.05, 0) is 22.3 Å². The molecule has 0 aromatic heterocycles. The Labute approximate surface area is 202 Å². The van der Waals surface area contributed by atoms with Crippen LogP contribution in [0.5, 0.6) is 0 Å². The highest BCUT2D eigenvalue weighted by molar-refractivity contribution is 6.99. The number of carbonyl (C=O) groups excluding carboxylic acids is 1. The normalized spacial score (nSPS) is 25.8. The Morgan fingerprint density at radius 1 is 1.06 bits per heavy atom. The summed E-state index contributed by atoms with van der Waals surface area (Å²) in [6.07, 6.45) is -1.23. The third-order valence-corrected chi connectivity index (χ3v) is 11.7. The van der Waals surface area contributed by atoms with Gasteiger partial charge in [0.2, 0.25) is 6.35 Å². The molecule has 0 bridgehead atoms. The molecule has 2 aromatic carbocycles. The van der Waals surface area contributed by atoms with Crippen LogP contribution in [0.4, 0.5) is 0 Å². The molecule has 8 heteroatoms. The van der Waals surface area contributed by atoms with E-state index in [-0.39, 0.29) is 17.6 Å². The number of rotatable bonds is 6. The molecule has 182 valence electrons. The first-order valence-corrected chi connectivity index (χ1v) is 13.6. The largest absolute Gasteiger partial charge is 0.405 e. The molecule has 2 aliphatic heterocycles. The molecule has 1 saturated heterocycles. The highest BCUT2D eigenvalue weighted by Crippen LogP contribution is 2.37. The average Bonchev–Trinajstić information content (AvgIpc) is 3.17. The molecule has 2 unspecified atom stereocenters. The van der Waals surface area contributed by atoms with Crippen molar-refractivity contribution in [1.29, 1.82) is 0 Å². The topological polar surface area (TPSA) is 91.3 Å². The van der Waals surface area contributed by atoms with Crippen molar-refractivity contribution in [3.63, 3.8) is 0 Å². The summed E-state index contributed by atoms with van der Waals surface area (Å²) in [5.74, 6) is -0.325. The van der Waals surface area contributed by atoms with Gasteiger partial charge in [0.05, 0.1) is 12.7 Å². The number of hydrogen-bond acceptors (Lipinski definition) is 6. The molecule has 4 rings (SSSR count). The number of nitrogens with zero attached hydrogens (tertiary/aromatic N) is 1. The van der Waals surface area contributed by atoms with Crippen LogP contribution in [0.15, 0.2) is 72.4 Å². The minimum Gasteiger partial charge on any atom is -0.405 e. The second-order valence-electron chi connectivity index (χ2n) is 10.0. The summed E-state index contributed by atoms with van der Waals surface area (Å²) in [7, 11) is -2.76. The summed E-state index contributed by atoms with van der Waals surface area (Å²) < 4.78 is 13.1. The maximum atomic E-state index is 11.8. The fourth-order valence-electron chi connectivity index (χ4n) is 4.92. The lowest BCUT2D eigenvalue weighted by Gasteiger charge is -2.43. The predicted octanol–water partition coefficient (Wildman–Crippen LogP) is 1.65. The van der Waals surface area contributed by atoms with E-state index in [1.807, 2.05) is 36.4 Å². The van der Waals surface area contributed by atoms with Gasteiger partial charge in [-0.3, -0.25) is 4.79 Å². The van der Waals surface area contributed by atoms with Gasteiger partial charge in [-0.25, -0.2) is 0 Å². The van der Waals surface area contributed by atoms with E-state index in [0.717, 1.165) is 10.4 Å². The van der Waals surface area contributed by atoms with Gasteiger partial charge in [0.1, 0.15) is 12.3 Å². The van der Waals surface area contributed by atoms with Crippen molar-refractivity contribution in [2.24, 2.45) is 0 Å². The van der Waals surface area contributed by atoms with E-state index in [9.17, 15) is 15.0 Å². The van der Waals surface area contributed by atoms with Crippen molar-refractivity contribution in [3.8, 4) is 0 Å². The van der Waals surface area contributed by atoms with Crippen LogP contribution in [0.2, 0.25) is 5.04 Å². The van der Waals surface area contributed by atoms with Crippen LogP contribution in [-0.2, 0) is 14.0 Å². The van der Waals surface area contributed by atoms with E-state index in [1.54, 1.807) is 13.1 Å². The number of ether oxygens (including phenoxy) is 1. The van der Waals surface area contributed by atoms with Gasteiger partial charge >= 0.3 is 0 Å². The maximum Gasteiger partial charge on any atom is 0.261 e. The van der Waals surface area contributed by atoms with Crippen LogP contribution in [0, 0.1) is 0 Å². The van der Waals surface area contributed by atoms with Gasteiger partial charge in [-0.2, -0.15) is 0 Å². The number of hydrogen-bond donors (Lipinski definition) is 3. The zero-order valence-corrected chi connectivity index (χ0v) is 21.1. The van der Waals surface area contributed by atoms with E-state index in [1.165, 1.54) is 4.90 Å². The summed E-state index contributed by atoms with van der Waals surface area (Å²) in [6, 6.07) is 20.6. The first-order chi connectivity index (χ1) is 16.1. The minimum absolute atomic E-state index is 0.189. The van der Waals surface area contributed by atoms with Crippen molar-refractivity contribution in [1.82, 2.24) is 10.2 Å². The SMILES string of the molecule is CC1=CN([C@H]2CC(O)[C@@H](CO[Si](c3ccccc3)(c3ccccc3)C(C)(C)C)O2)C(O)NC1=O. The van der Waals surface area contributed by atoms with Crippen LogP contribution < -0.4 is 15.7 Å². The molecule has 7 nitrogen and oxygen atoms in total. The van der Waals surface area contributed by atoms with E-state index in [2.05, 4.69) is 50.4 Å². The molecule has 1 fully saturated rings. The molecule has 2 aliphatic rings. The Morgan fingerprint density at radius 2 is 1.62 bits per heavy atom. The fraction of sp³-hybridized carbons (Fsp3) is 0.423. The molecule has 2 aromatic rings. The number of aliphatic hydroxyl groups excluding tert-OH is 2. The lowest BCUT2D eigenvalue weighted by atomic mass is 10.2. The molecular formula is C26H34N2O5Si. The molecule has 4 atom stereocenters. The van der Waals surface area contributed by atoms with E-state index in [4.69, 9.17) is 9.16 Å². The number of nitrogens with one attached hydrogen (secondary N) is 1. The van der Waals surface area contributed by atoms with Crippen molar-refractivity contribution < 1.29 is 24.2 Å². The molecule has 0 radical (unpaired) electrons. The zero-order chi connectivity index (χ0) is 24.5. The van der Waals surface area contributed by atoms with Gasteiger partial charge in [0.25, 0.3) is 14.2 Å². The Balaban J connectivity index is 1.61. The van der Waals surface area contributed by atoms with Crippen molar-refractivity contribution in [3.05, 3.63) is 72.4 Å². The van der Waals surface area contributed by atoms with Crippen molar-refractivity contribution in [2.75, 3.05) is 6.61 Å². The number of benzene rings is 2. The molecule has 0 aliphatic carbocycles. The summed E-state index contributed by atoms with van der Waals surface area (Å²) in [6.45, 7) is 8.49. The molecule has 34 heavy (non-hydrogen) atoms. The molecule has 1 amide bonds. The molecule has 2 heterocycles. The van der Waals surface area contributed by atoms with Gasteiger partial charge in [0, 0.05) is 18.2 Å². The second-order valence-corrected chi connectivity index (χ2v) is 14.3. The Morgan fingerprint density at radius 3 is 2.15 bits per heavy atom. The van der Waals surface area contributed by atoms with E-state index < -0.39 is 33.1 Å². The summed E-state index contributed by atoms with van der Waals surface area (Å²) in [5, 5.41) is 25.8. The first kappa shape index (κ1) is 24.6. The molecule has 0 saturated carbocycles. The van der Waals surface area contributed by atoms with Gasteiger partial charge in [0.15, 0.2) is 0 Å². The summed E-state index contributed by atoms with van der Waals surface area (Å²) in [4.78, 5) is 13.3. The third-order valence-electron chi connectivity index (χ3n) is 6.66. The van der Waals surface area contributed by atoms with E-state index >= 15 is 0 Å². The second kappa shape index (κ2) is 9.63. The van der Waals surface area contributed by atoms with Crippen molar-refractivity contribution in [2.45, 2.75) is 63.9 Å². The Bertz CT molecular complexity index is 985. The number of amides is 1. The first-order valence-electron chi connectivity index (χ1n) is 11.7. The molecule has 3 N–H and O–H groups in total. The standard InChI is InChI=1S/C26H34N2O5Si/c1-18-16-28(25(31)27-24(18)30)23-15-21(29)22(33-23)17-32-34(26(2,3)4,19-11-7-5-8-12-19)20-13-9-6-10-14-20/h5-14,16,21-23,25,29,31H,15,17H2,1-4H3,(H,27,30)/t21?,22-,23-,25?/m1/s1. The molecule has 0 spiro atoms. The highest BCUT2D eigenvalue weighted by Gasteiger charge is 2.51. The Hall–Kier alpha value is -2.49. The van der Waals surface area contributed by atoms with E-state index in [0.29, 0.717) is 12.0 Å². The number of aliphatic hydroxyl groups is 2. The summed E-state index contributed by atoms with van der Waals surface area (Å²) >= 11 is 0. The van der Waals surface area contributed by atoms with Crippen LogP contribution in [-0.4, -0.2) is 60.7 Å². The van der Waals surface area contributed by atoms with Gasteiger partial charge < -0.3 is 29.6 Å². The lowest BCUT2D eigenvalue weighted by Crippen LogP contribution is -2.67. The maximum absolute atomic E-state index is 11.8. The minimum atomic E-state index is -2.76. The van der Waals surface area contributed by atoms with Gasteiger partial charge in [-0.1, -0.05) is 81.4 Å².